The summed E-state index contributed by atoms with van der Waals surface area (Å²) < 4.78 is 26.3. The molecule has 1 aliphatic carbocycles. The second-order valence-electron chi connectivity index (χ2n) is 6.24. The Morgan fingerprint density at radius 3 is 2.41 bits per heavy atom. The van der Waals surface area contributed by atoms with Gasteiger partial charge < -0.3 is 10.6 Å². The summed E-state index contributed by atoms with van der Waals surface area (Å²) in [6.45, 7) is 5.41. The molecule has 2 amide bonds. The van der Waals surface area contributed by atoms with Gasteiger partial charge in [-0.15, -0.1) is 0 Å². The second-order valence-corrected chi connectivity index (χ2v) is 8.00. The summed E-state index contributed by atoms with van der Waals surface area (Å²) in [7, 11) is -3.51. The van der Waals surface area contributed by atoms with Gasteiger partial charge in [0, 0.05) is 19.6 Å². The summed E-state index contributed by atoms with van der Waals surface area (Å²) in [5.74, 6) is 0.537. The zero-order valence-electron chi connectivity index (χ0n) is 12.9. The number of hydrogen-bond acceptors (Lipinski definition) is 3. The largest absolute Gasteiger partial charge is 0.338 e. The average molecular weight is 325 g/mol. The Hall–Kier alpha value is -1.60. The van der Waals surface area contributed by atoms with Crippen molar-refractivity contribution in [3.8, 4) is 0 Å². The van der Waals surface area contributed by atoms with Gasteiger partial charge in [0.15, 0.2) is 0 Å². The molecule has 6 nitrogen and oxygen atoms in total. The van der Waals surface area contributed by atoms with E-state index in [1.54, 1.807) is 18.2 Å². The molecule has 2 rings (SSSR count). The molecule has 3 N–H and O–H groups in total. The lowest BCUT2D eigenvalue weighted by atomic mass is 10.1. The van der Waals surface area contributed by atoms with Crippen molar-refractivity contribution in [2.45, 2.75) is 25.2 Å². The first-order valence-corrected chi connectivity index (χ1v) is 8.86. The van der Waals surface area contributed by atoms with Gasteiger partial charge in [0.2, 0.25) is 10.0 Å². The number of hydrogen-bond donors (Lipinski definition) is 3. The van der Waals surface area contributed by atoms with Gasteiger partial charge in [-0.05, 0) is 29.9 Å². The van der Waals surface area contributed by atoms with Crippen molar-refractivity contribution in [2.24, 2.45) is 11.3 Å². The molecule has 22 heavy (non-hydrogen) atoms. The quantitative estimate of drug-likeness (QED) is 0.661. The third kappa shape index (κ3) is 4.71. The number of nitrogens with one attached hydrogen (secondary N) is 3. The molecule has 0 radical (unpaired) electrons. The monoisotopic (exact) mass is 325 g/mol. The molecule has 1 aromatic rings. The lowest BCUT2D eigenvalue weighted by molar-refractivity contribution is 0.240. The van der Waals surface area contributed by atoms with Gasteiger partial charge in [-0.3, -0.25) is 0 Å². The van der Waals surface area contributed by atoms with Crippen LogP contribution in [-0.4, -0.2) is 34.1 Å². The SMILES string of the molecule is CC1(C)CC1CNC(=O)NCCNS(=O)(=O)c1ccccc1. The molecule has 1 aliphatic rings. The first-order chi connectivity index (χ1) is 10.3. The van der Waals surface area contributed by atoms with Crippen LogP contribution in [0.15, 0.2) is 35.2 Å². The lowest BCUT2D eigenvalue weighted by Gasteiger charge is -2.09. The van der Waals surface area contributed by atoms with E-state index in [1.165, 1.54) is 12.1 Å². The summed E-state index contributed by atoms with van der Waals surface area (Å²) in [6, 6.07) is 7.88. The molecular weight excluding hydrogens is 302 g/mol. The Labute approximate surface area is 131 Å². The molecule has 1 saturated carbocycles. The zero-order chi connectivity index (χ0) is 16.2. The van der Waals surface area contributed by atoms with Crippen molar-refractivity contribution in [3.05, 3.63) is 30.3 Å². The molecule has 0 aromatic heterocycles. The number of rotatable bonds is 7. The minimum Gasteiger partial charge on any atom is -0.338 e. The lowest BCUT2D eigenvalue weighted by Crippen LogP contribution is -2.41. The van der Waals surface area contributed by atoms with Crippen LogP contribution in [0, 0.1) is 11.3 Å². The van der Waals surface area contributed by atoms with Crippen molar-refractivity contribution in [2.75, 3.05) is 19.6 Å². The van der Waals surface area contributed by atoms with Crippen molar-refractivity contribution in [1.82, 2.24) is 15.4 Å². The molecular formula is C15H23N3O3S. The molecule has 0 aliphatic heterocycles. The van der Waals surface area contributed by atoms with Crippen LogP contribution in [0.5, 0.6) is 0 Å². The van der Waals surface area contributed by atoms with Crippen LogP contribution >= 0.6 is 0 Å². The van der Waals surface area contributed by atoms with E-state index in [2.05, 4.69) is 29.2 Å². The fourth-order valence-electron chi connectivity index (χ4n) is 2.25. The standard InChI is InChI=1S/C15H23N3O3S/c1-15(2)10-12(15)11-17-14(19)16-8-9-18-22(20,21)13-6-4-3-5-7-13/h3-7,12,18H,8-11H2,1-2H3,(H2,16,17,19). The van der Waals surface area contributed by atoms with Crippen LogP contribution in [0.3, 0.4) is 0 Å². The van der Waals surface area contributed by atoms with Crippen LogP contribution < -0.4 is 15.4 Å². The summed E-state index contributed by atoms with van der Waals surface area (Å²) in [4.78, 5) is 11.8. The molecule has 0 saturated heterocycles. The van der Waals surface area contributed by atoms with E-state index in [0.29, 0.717) is 17.9 Å². The highest BCUT2D eigenvalue weighted by Crippen LogP contribution is 2.50. The van der Waals surface area contributed by atoms with E-state index in [9.17, 15) is 13.2 Å². The maximum Gasteiger partial charge on any atom is 0.314 e. The van der Waals surface area contributed by atoms with Gasteiger partial charge >= 0.3 is 6.03 Å². The Bertz CT molecular complexity index is 614. The molecule has 122 valence electrons. The Kier molecular flexibility index (Phi) is 5.08. The highest BCUT2D eigenvalue weighted by molar-refractivity contribution is 7.89. The number of carbonyl (C=O) groups excluding carboxylic acids is 1. The summed E-state index contributed by atoms with van der Waals surface area (Å²) in [5.41, 5.74) is 0.332. The highest BCUT2D eigenvalue weighted by Gasteiger charge is 2.45. The van der Waals surface area contributed by atoms with Crippen LogP contribution in [0.1, 0.15) is 20.3 Å². The predicted octanol–water partition coefficient (Wildman–Crippen LogP) is 1.31. The highest BCUT2D eigenvalue weighted by atomic mass is 32.2. The first kappa shape index (κ1) is 16.8. The zero-order valence-corrected chi connectivity index (χ0v) is 13.7. The number of amides is 2. The van der Waals surface area contributed by atoms with Crippen molar-refractivity contribution in [1.29, 1.82) is 0 Å². The molecule has 1 atom stereocenters. The Balaban J connectivity index is 1.63. The minimum atomic E-state index is -3.51. The van der Waals surface area contributed by atoms with Gasteiger partial charge in [0.25, 0.3) is 0 Å². The summed E-state index contributed by atoms with van der Waals surface area (Å²) in [6.07, 6.45) is 1.13. The van der Waals surface area contributed by atoms with E-state index in [1.807, 2.05) is 0 Å². The van der Waals surface area contributed by atoms with Crippen LogP contribution in [0.2, 0.25) is 0 Å². The molecule has 0 heterocycles. The fraction of sp³-hybridized carbons (Fsp3) is 0.533. The predicted molar refractivity (Wildman–Crippen MR) is 84.9 cm³/mol. The number of urea groups is 1. The van der Waals surface area contributed by atoms with Crippen molar-refractivity contribution < 1.29 is 13.2 Å². The van der Waals surface area contributed by atoms with Gasteiger partial charge in [0.05, 0.1) is 4.90 Å². The molecule has 1 aromatic carbocycles. The molecule has 0 spiro atoms. The van der Waals surface area contributed by atoms with Crippen LogP contribution in [0.4, 0.5) is 4.79 Å². The smallest absolute Gasteiger partial charge is 0.314 e. The van der Waals surface area contributed by atoms with Crippen molar-refractivity contribution >= 4 is 16.1 Å². The fourth-order valence-corrected chi connectivity index (χ4v) is 3.30. The summed E-state index contributed by atoms with van der Waals surface area (Å²) >= 11 is 0. The van der Waals surface area contributed by atoms with Crippen molar-refractivity contribution in [3.63, 3.8) is 0 Å². The number of sulfonamides is 1. The minimum absolute atomic E-state index is 0.152. The molecule has 0 bridgehead atoms. The normalized spacial score (nSPS) is 19.5. The average Bonchev–Trinajstić information content (AvgIpc) is 3.10. The van der Waals surface area contributed by atoms with Gasteiger partial charge in [-0.25, -0.2) is 17.9 Å². The second kappa shape index (κ2) is 6.66. The molecule has 1 unspecified atom stereocenters. The topological polar surface area (TPSA) is 87.3 Å². The summed E-state index contributed by atoms with van der Waals surface area (Å²) in [5, 5.41) is 5.44. The molecule has 1 fully saturated rings. The maximum absolute atomic E-state index is 11.9. The van der Waals surface area contributed by atoms with Crippen LogP contribution in [-0.2, 0) is 10.0 Å². The van der Waals surface area contributed by atoms with E-state index in [0.717, 1.165) is 6.42 Å². The van der Waals surface area contributed by atoms with E-state index >= 15 is 0 Å². The maximum atomic E-state index is 11.9. The van der Waals surface area contributed by atoms with E-state index in [4.69, 9.17) is 0 Å². The van der Waals surface area contributed by atoms with Gasteiger partial charge in [0.1, 0.15) is 0 Å². The third-order valence-electron chi connectivity index (χ3n) is 3.98. The third-order valence-corrected chi connectivity index (χ3v) is 5.46. The number of benzene rings is 1. The first-order valence-electron chi connectivity index (χ1n) is 7.38. The Morgan fingerprint density at radius 1 is 1.18 bits per heavy atom. The Morgan fingerprint density at radius 2 is 1.82 bits per heavy atom. The van der Waals surface area contributed by atoms with E-state index in [-0.39, 0.29) is 24.0 Å². The van der Waals surface area contributed by atoms with Gasteiger partial charge in [-0.2, -0.15) is 0 Å². The number of carbonyl (C=O) groups is 1. The van der Waals surface area contributed by atoms with Crippen LogP contribution in [0.25, 0.3) is 0 Å². The molecule has 7 heteroatoms. The van der Waals surface area contributed by atoms with E-state index < -0.39 is 10.0 Å². The van der Waals surface area contributed by atoms with Gasteiger partial charge in [-0.1, -0.05) is 32.0 Å².